The van der Waals surface area contributed by atoms with Crippen molar-refractivity contribution in [3.63, 3.8) is 0 Å². The molecule has 0 bridgehead atoms. The van der Waals surface area contributed by atoms with Gasteiger partial charge in [0.05, 0.1) is 5.56 Å². The van der Waals surface area contributed by atoms with Crippen molar-refractivity contribution in [2.24, 2.45) is 11.5 Å². The van der Waals surface area contributed by atoms with Crippen LogP contribution in [-0.2, 0) is 0 Å². The monoisotopic (exact) mass is 453 g/mol. The number of H-pyrrole nitrogens is 1. The first-order valence-electron chi connectivity index (χ1n) is 10.9. The second-order valence-corrected chi connectivity index (χ2v) is 8.59. The molecular weight excluding hydrogens is 425 g/mol. The SMILES string of the molecule is CN(C)C(=O)c1cc2cc(Nc3nc(NC4CCCCC4N)c(F)cc3C(N)=O)ccc2[nH]1. The summed E-state index contributed by atoms with van der Waals surface area (Å²) >= 11 is 0. The van der Waals surface area contributed by atoms with Gasteiger partial charge in [-0.05, 0) is 43.2 Å². The highest BCUT2D eigenvalue weighted by Crippen LogP contribution is 2.28. The molecule has 0 radical (unpaired) electrons. The highest BCUT2D eigenvalue weighted by molar-refractivity contribution is 6.00. The summed E-state index contributed by atoms with van der Waals surface area (Å²) in [6.45, 7) is 0. The van der Waals surface area contributed by atoms with Crippen molar-refractivity contribution in [2.75, 3.05) is 24.7 Å². The van der Waals surface area contributed by atoms with E-state index in [9.17, 15) is 14.0 Å². The van der Waals surface area contributed by atoms with Gasteiger partial charge in [-0.3, -0.25) is 9.59 Å². The molecule has 0 aliphatic heterocycles. The highest BCUT2D eigenvalue weighted by atomic mass is 19.1. The largest absolute Gasteiger partial charge is 0.365 e. The van der Waals surface area contributed by atoms with E-state index in [1.165, 1.54) is 4.90 Å². The summed E-state index contributed by atoms with van der Waals surface area (Å²) in [6, 6.07) is 8.00. The number of hydrogen-bond acceptors (Lipinski definition) is 6. The maximum absolute atomic E-state index is 14.7. The number of anilines is 3. The minimum absolute atomic E-state index is 0.0199. The number of aromatic nitrogens is 2. The molecule has 10 heteroatoms. The van der Waals surface area contributed by atoms with E-state index in [4.69, 9.17) is 11.5 Å². The fourth-order valence-electron chi connectivity index (χ4n) is 4.09. The van der Waals surface area contributed by atoms with Crippen LogP contribution in [0.25, 0.3) is 10.9 Å². The van der Waals surface area contributed by atoms with E-state index >= 15 is 0 Å². The summed E-state index contributed by atoms with van der Waals surface area (Å²) in [7, 11) is 3.36. The lowest BCUT2D eigenvalue weighted by Crippen LogP contribution is -2.43. The zero-order chi connectivity index (χ0) is 23.7. The van der Waals surface area contributed by atoms with E-state index in [0.29, 0.717) is 11.4 Å². The average molecular weight is 454 g/mol. The molecule has 1 aliphatic carbocycles. The molecule has 3 aromatic rings. The third kappa shape index (κ3) is 4.75. The second-order valence-electron chi connectivity index (χ2n) is 8.59. The van der Waals surface area contributed by atoms with Crippen molar-refractivity contribution in [2.45, 2.75) is 37.8 Å². The molecule has 1 aliphatic rings. The van der Waals surface area contributed by atoms with Crippen LogP contribution in [0.3, 0.4) is 0 Å². The van der Waals surface area contributed by atoms with Crippen LogP contribution in [0, 0.1) is 5.82 Å². The quantitative estimate of drug-likeness (QED) is 0.388. The summed E-state index contributed by atoms with van der Waals surface area (Å²) in [6.07, 6.45) is 3.73. The van der Waals surface area contributed by atoms with Crippen molar-refractivity contribution in [3.05, 3.63) is 47.4 Å². The first-order chi connectivity index (χ1) is 15.7. The molecular formula is C23H28FN7O2. The first kappa shape index (κ1) is 22.5. The molecule has 1 aromatic carbocycles. The van der Waals surface area contributed by atoms with Crippen LogP contribution in [0.1, 0.15) is 46.5 Å². The number of nitrogens with two attached hydrogens (primary N) is 2. The number of hydrogen-bond donors (Lipinski definition) is 5. The van der Waals surface area contributed by atoms with Crippen LogP contribution in [0.2, 0.25) is 0 Å². The lowest BCUT2D eigenvalue weighted by molar-refractivity contribution is 0.0822. The van der Waals surface area contributed by atoms with Crippen LogP contribution < -0.4 is 22.1 Å². The second kappa shape index (κ2) is 9.07. The standard InChI is InChI=1S/C23H28FN7O2/c1-31(2)23(33)19-10-12-9-13(7-8-17(12)28-19)27-21-14(20(26)32)11-15(24)22(30-21)29-18-6-4-3-5-16(18)25/h7-11,16,18,28H,3-6,25H2,1-2H3,(H2,26,32)(H2,27,29,30). The number of carbonyl (C=O) groups excluding carboxylic acids is 2. The maximum atomic E-state index is 14.7. The van der Waals surface area contributed by atoms with Crippen molar-refractivity contribution >= 4 is 40.0 Å². The van der Waals surface area contributed by atoms with Gasteiger partial charge >= 0.3 is 0 Å². The fraction of sp³-hybridized carbons (Fsp3) is 0.348. The molecule has 0 spiro atoms. The van der Waals surface area contributed by atoms with Crippen LogP contribution in [-0.4, -0.2) is 52.9 Å². The number of nitrogens with one attached hydrogen (secondary N) is 3. The Bertz CT molecular complexity index is 1210. The van der Waals surface area contributed by atoms with Gasteiger partial charge in [0.2, 0.25) is 0 Å². The van der Waals surface area contributed by atoms with Gasteiger partial charge in [-0.15, -0.1) is 0 Å². The Labute approximate surface area is 190 Å². The van der Waals surface area contributed by atoms with Crippen LogP contribution >= 0.6 is 0 Å². The highest BCUT2D eigenvalue weighted by Gasteiger charge is 2.24. The van der Waals surface area contributed by atoms with Crippen molar-refractivity contribution < 1.29 is 14.0 Å². The number of aromatic amines is 1. The van der Waals surface area contributed by atoms with Gasteiger partial charge in [-0.2, -0.15) is 0 Å². The van der Waals surface area contributed by atoms with E-state index in [1.807, 2.05) is 0 Å². The smallest absolute Gasteiger partial charge is 0.269 e. The molecule has 4 rings (SSSR count). The third-order valence-electron chi connectivity index (χ3n) is 5.90. The first-order valence-corrected chi connectivity index (χ1v) is 10.9. The van der Waals surface area contributed by atoms with Gasteiger partial charge < -0.3 is 32.0 Å². The Morgan fingerprint density at radius 3 is 2.61 bits per heavy atom. The van der Waals surface area contributed by atoms with Gasteiger partial charge in [0, 0.05) is 42.8 Å². The number of rotatable bonds is 6. The van der Waals surface area contributed by atoms with Crippen molar-refractivity contribution in [1.82, 2.24) is 14.9 Å². The number of nitrogens with zero attached hydrogens (tertiary/aromatic N) is 2. The zero-order valence-corrected chi connectivity index (χ0v) is 18.6. The Morgan fingerprint density at radius 1 is 1.15 bits per heavy atom. The normalized spacial score (nSPS) is 18.2. The van der Waals surface area contributed by atoms with Crippen molar-refractivity contribution in [1.29, 1.82) is 0 Å². The Morgan fingerprint density at radius 2 is 1.91 bits per heavy atom. The summed E-state index contributed by atoms with van der Waals surface area (Å²) in [5.41, 5.74) is 13.4. The average Bonchev–Trinajstić information content (AvgIpc) is 3.19. The number of halogens is 1. The summed E-state index contributed by atoms with van der Waals surface area (Å²) in [5.74, 6) is -1.46. The van der Waals surface area contributed by atoms with E-state index < -0.39 is 11.7 Å². The summed E-state index contributed by atoms with van der Waals surface area (Å²) < 4.78 is 14.7. The minimum Gasteiger partial charge on any atom is -0.365 e. The molecule has 2 unspecified atom stereocenters. The van der Waals surface area contributed by atoms with Gasteiger partial charge in [0.15, 0.2) is 11.6 Å². The van der Waals surface area contributed by atoms with Crippen LogP contribution in [0.4, 0.5) is 21.7 Å². The van der Waals surface area contributed by atoms with Gasteiger partial charge in [-0.25, -0.2) is 9.37 Å². The van der Waals surface area contributed by atoms with E-state index in [-0.39, 0.29) is 35.2 Å². The third-order valence-corrected chi connectivity index (χ3v) is 5.90. The number of primary amides is 1. The van der Waals surface area contributed by atoms with Gasteiger partial charge in [0.1, 0.15) is 11.5 Å². The number of carbonyl (C=O) groups is 2. The summed E-state index contributed by atoms with van der Waals surface area (Å²) in [5, 5.41) is 6.95. The molecule has 7 N–H and O–H groups in total. The molecule has 9 nitrogen and oxygen atoms in total. The number of benzene rings is 1. The zero-order valence-electron chi connectivity index (χ0n) is 18.6. The Balaban J connectivity index is 1.65. The molecule has 2 heterocycles. The fourth-order valence-corrected chi connectivity index (χ4v) is 4.09. The number of pyridine rings is 1. The lowest BCUT2D eigenvalue weighted by Gasteiger charge is -2.30. The molecule has 0 saturated heterocycles. The van der Waals surface area contributed by atoms with E-state index in [1.54, 1.807) is 38.4 Å². The predicted octanol–water partition coefficient (Wildman–Crippen LogP) is 2.93. The molecule has 33 heavy (non-hydrogen) atoms. The summed E-state index contributed by atoms with van der Waals surface area (Å²) in [4.78, 5) is 33.1. The van der Waals surface area contributed by atoms with Gasteiger partial charge in [-0.1, -0.05) is 12.8 Å². The number of fused-ring (bicyclic) bond motifs is 1. The van der Waals surface area contributed by atoms with E-state index in [2.05, 4.69) is 20.6 Å². The lowest BCUT2D eigenvalue weighted by atomic mass is 9.91. The topological polar surface area (TPSA) is 142 Å². The Kier molecular flexibility index (Phi) is 6.19. The molecule has 174 valence electrons. The molecule has 1 fully saturated rings. The van der Waals surface area contributed by atoms with Crippen molar-refractivity contribution in [3.8, 4) is 0 Å². The molecule has 2 aromatic heterocycles. The van der Waals surface area contributed by atoms with Crippen LogP contribution in [0.15, 0.2) is 30.3 Å². The number of amides is 2. The maximum Gasteiger partial charge on any atom is 0.269 e. The minimum atomic E-state index is -0.800. The molecule has 1 saturated carbocycles. The molecule has 2 amide bonds. The van der Waals surface area contributed by atoms with E-state index in [0.717, 1.165) is 42.7 Å². The van der Waals surface area contributed by atoms with Crippen LogP contribution in [0.5, 0.6) is 0 Å². The Hall–Kier alpha value is -3.66. The van der Waals surface area contributed by atoms with Gasteiger partial charge in [0.25, 0.3) is 11.8 Å². The molecule has 2 atom stereocenters. The predicted molar refractivity (Wildman–Crippen MR) is 126 cm³/mol.